The third-order valence-electron chi connectivity index (χ3n) is 3.28. The number of hydrogen-bond acceptors (Lipinski definition) is 4. The van der Waals surface area contributed by atoms with Gasteiger partial charge in [0.25, 0.3) is 5.91 Å². The van der Waals surface area contributed by atoms with Crippen LogP contribution in [-0.2, 0) is 0 Å². The van der Waals surface area contributed by atoms with Crippen molar-refractivity contribution in [3.05, 3.63) is 47.4 Å². The minimum atomic E-state index is -0.253. The minimum absolute atomic E-state index is 0.253. The number of hydrogen-bond donors (Lipinski definition) is 2. The maximum absolute atomic E-state index is 12.3. The highest BCUT2D eigenvalue weighted by atomic mass is 16.1. The van der Waals surface area contributed by atoms with Gasteiger partial charge in [-0.05, 0) is 37.5 Å². The zero-order valence-corrected chi connectivity index (χ0v) is 12.6. The number of anilines is 2. The Morgan fingerprint density at radius 3 is 2.81 bits per heavy atom. The van der Waals surface area contributed by atoms with Crippen LogP contribution < -0.4 is 10.6 Å². The van der Waals surface area contributed by atoms with Crippen LogP contribution in [0.25, 0.3) is 0 Å². The molecule has 5 heteroatoms. The molecule has 1 amide bonds. The lowest BCUT2D eigenvalue weighted by atomic mass is 10.1. The van der Waals surface area contributed by atoms with E-state index in [2.05, 4.69) is 27.5 Å². The number of nitrogens with zero attached hydrogens (tertiary/aromatic N) is 2. The zero-order valence-electron chi connectivity index (χ0n) is 12.6. The van der Waals surface area contributed by atoms with E-state index in [-0.39, 0.29) is 5.91 Å². The van der Waals surface area contributed by atoms with Crippen molar-refractivity contribution in [1.82, 2.24) is 9.97 Å². The van der Waals surface area contributed by atoms with E-state index in [1.54, 1.807) is 6.20 Å². The molecule has 0 aliphatic rings. The van der Waals surface area contributed by atoms with Crippen LogP contribution in [0.1, 0.15) is 35.0 Å². The smallest absolute Gasteiger partial charge is 0.275 e. The average Bonchev–Trinajstić information content (AvgIpc) is 2.50. The molecule has 0 aliphatic carbocycles. The van der Waals surface area contributed by atoms with E-state index in [1.165, 1.54) is 6.20 Å². The van der Waals surface area contributed by atoms with Crippen LogP contribution in [-0.4, -0.2) is 22.4 Å². The maximum atomic E-state index is 12.3. The molecule has 1 aromatic carbocycles. The lowest BCUT2D eigenvalue weighted by Gasteiger charge is -2.10. The SMILES string of the molecule is CCCNc1cncc(C(=O)Nc2cccc(C)c2C)n1. The van der Waals surface area contributed by atoms with Gasteiger partial charge in [0.2, 0.25) is 0 Å². The zero-order chi connectivity index (χ0) is 15.2. The first-order chi connectivity index (χ1) is 10.1. The molecule has 0 unspecified atom stereocenters. The summed E-state index contributed by atoms with van der Waals surface area (Å²) < 4.78 is 0. The van der Waals surface area contributed by atoms with Crippen LogP contribution in [0.3, 0.4) is 0 Å². The van der Waals surface area contributed by atoms with E-state index in [0.29, 0.717) is 11.5 Å². The van der Waals surface area contributed by atoms with Gasteiger partial charge >= 0.3 is 0 Å². The lowest BCUT2D eigenvalue weighted by molar-refractivity contribution is 0.102. The normalized spacial score (nSPS) is 10.2. The van der Waals surface area contributed by atoms with Gasteiger partial charge < -0.3 is 10.6 Å². The van der Waals surface area contributed by atoms with Crippen molar-refractivity contribution in [1.29, 1.82) is 0 Å². The molecule has 0 bridgehead atoms. The number of carbonyl (C=O) groups excluding carboxylic acids is 1. The highest BCUT2D eigenvalue weighted by molar-refractivity contribution is 6.03. The summed E-state index contributed by atoms with van der Waals surface area (Å²) in [5.74, 6) is 0.363. The van der Waals surface area contributed by atoms with Gasteiger partial charge in [0.1, 0.15) is 11.5 Å². The summed E-state index contributed by atoms with van der Waals surface area (Å²) in [7, 11) is 0. The summed E-state index contributed by atoms with van der Waals surface area (Å²) in [6, 6.07) is 5.82. The van der Waals surface area contributed by atoms with E-state index < -0.39 is 0 Å². The number of benzene rings is 1. The fraction of sp³-hybridized carbons (Fsp3) is 0.312. The number of nitrogens with one attached hydrogen (secondary N) is 2. The van der Waals surface area contributed by atoms with Crippen molar-refractivity contribution < 1.29 is 4.79 Å². The standard InChI is InChI=1S/C16H20N4O/c1-4-8-18-15-10-17-9-14(19-15)16(21)20-13-7-5-6-11(2)12(13)3/h5-7,9-10H,4,8H2,1-3H3,(H,18,19)(H,20,21). The van der Waals surface area contributed by atoms with E-state index in [0.717, 1.165) is 29.8 Å². The number of carbonyl (C=O) groups is 1. The Labute approximate surface area is 124 Å². The molecule has 5 nitrogen and oxygen atoms in total. The summed E-state index contributed by atoms with van der Waals surface area (Å²) in [5.41, 5.74) is 3.29. The third kappa shape index (κ3) is 3.78. The van der Waals surface area contributed by atoms with Gasteiger partial charge in [0, 0.05) is 12.2 Å². The molecule has 0 spiro atoms. The molecule has 0 atom stereocenters. The molecule has 110 valence electrons. The minimum Gasteiger partial charge on any atom is -0.369 e. The van der Waals surface area contributed by atoms with Crippen LogP contribution in [0.15, 0.2) is 30.6 Å². The monoisotopic (exact) mass is 284 g/mol. The number of aryl methyl sites for hydroxylation is 1. The fourth-order valence-corrected chi connectivity index (χ4v) is 1.89. The van der Waals surface area contributed by atoms with E-state index in [1.807, 2.05) is 32.0 Å². The molecule has 2 N–H and O–H groups in total. The van der Waals surface area contributed by atoms with Crippen molar-refractivity contribution in [3.8, 4) is 0 Å². The van der Waals surface area contributed by atoms with Crippen molar-refractivity contribution in [2.75, 3.05) is 17.2 Å². The van der Waals surface area contributed by atoms with Crippen LogP contribution in [0.2, 0.25) is 0 Å². The van der Waals surface area contributed by atoms with Crippen LogP contribution in [0, 0.1) is 13.8 Å². The van der Waals surface area contributed by atoms with Gasteiger partial charge in [-0.1, -0.05) is 19.1 Å². The lowest BCUT2D eigenvalue weighted by Crippen LogP contribution is -2.16. The molecule has 1 heterocycles. The molecule has 2 rings (SSSR count). The highest BCUT2D eigenvalue weighted by Gasteiger charge is 2.11. The molecule has 0 fully saturated rings. The molecular formula is C16H20N4O. The van der Waals surface area contributed by atoms with Gasteiger partial charge in [0.15, 0.2) is 0 Å². The summed E-state index contributed by atoms with van der Waals surface area (Å²) in [6.07, 6.45) is 4.07. The van der Waals surface area contributed by atoms with Gasteiger partial charge in [-0.15, -0.1) is 0 Å². The molecule has 21 heavy (non-hydrogen) atoms. The van der Waals surface area contributed by atoms with Crippen molar-refractivity contribution in [3.63, 3.8) is 0 Å². The topological polar surface area (TPSA) is 66.9 Å². The summed E-state index contributed by atoms with van der Waals surface area (Å²) >= 11 is 0. The Balaban J connectivity index is 2.15. The second-order valence-electron chi connectivity index (χ2n) is 4.92. The van der Waals surface area contributed by atoms with Crippen LogP contribution in [0.4, 0.5) is 11.5 Å². The molecule has 0 saturated heterocycles. The predicted octanol–water partition coefficient (Wildman–Crippen LogP) is 3.17. The molecule has 1 aromatic heterocycles. The largest absolute Gasteiger partial charge is 0.369 e. The molecular weight excluding hydrogens is 264 g/mol. The third-order valence-corrected chi connectivity index (χ3v) is 3.28. The Morgan fingerprint density at radius 1 is 1.24 bits per heavy atom. The first-order valence-corrected chi connectivity index (χ1v) is 7.05. The summed E-state index contributed by atoms with van der Waals surface area (Å²) in [5, 5.41) is 6.00. The summed E-state index contributed by atoms with van der Waals surface area (Å²) in [4.78, 5) is 20.6. The summed E-state index contributed by atoms with van der Waals surface area (Å²) in [6.45, 7) is 6.87. The van der Waals surface area contributed by atoms with Gasteiger partial charge in [0.05, 0.1) is 12.4 Å². The Morgan fingerprint density at radius 2 is 2.05 bits per heavy atom. The van der Waals surface area contributed by atoms with E-state index >= 15 is 0 Å². The van der Waals surface area contributed by atoms with Crippen molar-refractivity contribution in [2.24, 2.45) is 0 Å². The molecule has 0 aliphatic heterocycles. The van der Waals surface area contributed by atoms with E-state index in [9.17, 15) is 4.79 Å². The second kappa shape index (κ2) is 6.83. The van der Waals surface area contributed by atoms with Crippen LogP contribution in [0.5, 0.6) is 0 Å². The molecule has 0 saturated carbocycles. The maximum Gasteiger partial charge on any atom is 0.275 e. The fourth-order valence-electron chi connectivity index (χ4n) is 1.89. The second-order valence-corrected chi connectivity index (χ2v) is 4.92. The van der Waals surface area contributed by atoms with Gasteiger partial charge in [-0.3, -0.25) is 9.78 Å². The Bertz CT molecular complexity index is 640. The number of aromatic nitrogens is 2. The van der Waals surface area contributed by atoms with Crippen LogP contribution >= 0.6 is 0 Å². The van der Waals surface area contributed by atoms with Gasteiger partial charge in [-0.25, -0.2) is 4.98 Å². The van der Waals surface area contributed by atoms with Gasteiger partial charge in [-0.2, -0.15) is 0 Å². The molecule has 0 radical (unpaired) electrons. The quantitative estimate of drug-likeness (QED) is 0.885. The first-order valence-electron chi connectivity index (χ1n) is 7.05. The first kappa shape index (κ1) is 15.0. The van der Waals surface area contributed by atoms with E-state index in [4.69, 9.17) is 0 Å². The molecule has 2 aromatic rings. The number of rotatable bonds is 5. The highest BCUT2D eigenvalue weighted by Crippen LogP contribution is 2.18. The average molecular weight is 284 g/mol. The van der Waals surface area contributed by atoms with Crippen molar-refractivity contribution in [2.45, 2.75) is 27.2 Å². The Hall–Kier alpha value is -2.43. The Kier molecular flexibility index (Phi) is 4.87. The predicted molar refractivity (Wildman–Crippen MR) is 84.7 cm³/mol. The number of amides is 1. The van der Waals surface area contributed by atoms with Crippen molar-refractivity contribution >= 4 is 17.4 Å².